The quantitative estimate of drug-likeness (QED) is 0.784. The lowest BCUT2D eigenvalue weighted by molar-refractivity contribution is -0.122. The molecule has 1 N–H and O–H groups in total. The molecule has 0 unspecified atom stereocenters. The minimum absolute atomic E-state index is 0.297. The third-order valence-corrected chi connectivity index (χ3v) is 4.41. The Balaban J connectivity index is 2.16. The average Bonchev–Trinajstić information content (AvgIpc) is 2.60. The van der Waals surface area contributed by atoms with Gasteiger partial charge in [0.25, 0.3) is 5.91 Å². The molecule has 2 aromatic carbocycles. The lowest BCUT2D eigenvalue weighted by atomic mass is 10.1. The molecule has 0 aliphatic carbocycles. The fraction of sp³-hybridized carbons (Fsp3) is 0.300. The van der Waals surface area contributed by atoms with Crippen molar-refractivity contribution in [3.8, 4) is 5.75 Å². The minimum atomic E-state index is -0.743. The van der Waals surface area contributed by atoms with Crippen LogP contribution in [-0.2, 0) is 9.53 Å². The second kappa shape index (κ2) is 8.23. The highest BCUT2D eigenvalue weighted by Crippen LogP contribution is 2.26. The maximum Gasteiger partial charge on any atom is 0.337 e. The van der Waals surface area contributed by atoms with E-state index in [1.807, 2.05) is 26.8 Å². The van der Waals surface area contributed by atoms with Crippen molar-refractivity contribution in [3.63, 3.8) is 0 Å². The Hall–Kier alpha value is -2.53. The normalized spacial score (nSPS) is 11.6. The number of amides is 1. The van der Waals surface area contributed by atoms with Crippen molar-refractivity contribution in [1.82, 2.24) is 0 Å². The number of hydrogen-bond acceptors (Lipinski definition) is 4. The largest absolute Gasteiger partial charge is 0.481 e. The number of aryl methyl sites for hydroxylation is 2. The number of carbonyl (C=O) groups excluding carboxylic acids is 2. The summed E-state index contributed by atoms with van der Waals surface area (Å²) in [6.45, 7) is 7.58. The van der Waals surface area contributed by atoms with Crippen LogP contribution < -0.4 is 10.1 Å². The lowest BCUT2D eigenvalue weighted by Crippen LogP contribution is -2.30. The third-order valence-electron chi connectivity index (χ3n) is 4.08. The lowest BCUT2D eigenvalue weighted by Gasteiger charge is -2.18. The summed E-state index contributed by atoms with van der Waals surface area (Å²) in [4.78, 5) is 24.1. The summed E-state index contributed by atoms with van der Waals surface area (Å²) in [6, 6.07) is 8.49. The summed E-state index contributed by atoms with van der Waals surface area (Å²) in [7, 11) is 1.29. The molecule has 5 nitrogen and oxygen atoms in total. The number of methoxy groups -OCH3 is 1. The molecule has 0 aromatic heterocycles. The van der Waals surface area contributed by atoms with Gasteiger partial charge in [-0.25, -0.2) is 4.79 Å². The molecule has 0 aliphatic rings. The van der Waals surface area contributed by atoms with Gasteiger partial charge in [0.2, 0.25) is 0 Å². The van der Waals surface area contributed by atoms with Crippen LogP contribution in [-0.4, -0.2) is 25.1 Å². The van der Waals surface area contributed by atoms with Crippen LogP contribution in [0.4, 0.5) is 5.69 Å². The molecule has 6 heteroatoms. The van der Waals surface area contributed by atoms with Crippen molar-refractivity contribution < 1.29 is 19.1 Å². The van der Waals surface area contributed by atoms with Crippen molar-refractivity contribution in [2.75, 3.05) is 12.4 Å². The van der Waals surface area contributed by atoms with Gasteiger partial charge in [-0.05, 0) is 68.7 Å². The molecule has 0 radical (unpaired) electrons. The first-order valence-corrected chi connectivity index (χ1v) is 8.54. The first-order chi connectivity index (χ1) is 12.2. The molecular weight excluding hydrogens is 354 g/mol. The van der Waals surface area contributed by atoms with Crippen molar-refractivity contribution in [1.29, 1.82) is 0 Å². The van der Waals surface area contributed by atoms with Gasteiger partial charge in [0.05, 0.1) is 23.4 Å². The van der Waals surface area contributed by atoms with Crippen LogP contribution in [0.5, 0.6) is 5.75 Å². The molecular formula is C20H22ClNO4. The van der Waals surface area contributed by atoms with Gasteiger partial charge in [-0.15, -0.1) is 0 Å². The predicted octanol–water partition coefficient (Wildman–Crippen LogP) is 4.46. The van der Waals surface area contributed by atoms with E-state index in [9.17, 15) is 9.59 Å². The Labute approximate surface area is 158 Å². The van der Waals surface area contributed by atoms with Gasteiger partial charge >= 0.3 is 5.97 Å². The zero-order chi connectivity index (χ0) is 19.4. The Morgan fingerprint density at radius 2 is 1.81 bits per heavy atom. The Bertz CT molecular complexity index is 848. The van der Waals surface area contributed by atoms with E-state index >= 15 is 0 Å². The highest BCUT2D eigenvalue weighted by molar-refractivity contribution is 6.33. The third kappa shape index (κ3) is 4.55. The SMILES string of the molecule is COC(=O)c1ccc(Cl)c(NC(=O)[C@@H](C)Oc2cc(C)cc(C)c2C)c1. The predicted molar refractivity (Wildman–Crippen MR) is 102 cm³/mol. The van der Waals surface area contributed by atoms with Crippen molar-refractivity contribution in [2.24, 2.45) is 0 Å². The number of rotatable bonds is 5. The fourth-order valence-electron chi connectivity index (χ4n) is 2.47. The standard InChI is InChI=1S/C20H22ClNO4/c1-11-8-12(2)13(3)18(9-11)26-14(4)19(23)22-17-10-15(20(24)25-5)6-7-16(17)21/h6-10,14H,1-5H3,(H,22,23)/t14-/m1/s1. The Kier molecular flexibility index (Phi) is 6.27. The van der Waals surface area contributed by atoms with E-state index < -0.39 is 12.1 Å². The molecule has 0 aliphatic heterocycles. The van der Waals surface area contributed by atoms with Gasteiger partial charge in [0.15, 0.2) is 6.10 Å². The second-order valence-electron chi connectivity index (χ2n) is 6.14. The molecule has 1 atom stereocenters. The van der Waals surface area contributed by atoms with Gasteiger partial charge in [-0.2, -0.15) is 0 Å². The molecule has 0 saturated carbocycles. The van der Waals surface area contributed by atoms with Crippen molar-refractivity contribution in [2.45, 2.75) is 33.8 Å². The molecule has 2 aromatic rings. The maximum absolute atomic E-state index is 12.5. The van der Waals surface area contributed by atoms with E-state index in [0.29, 0.717) is 22.0 Å². The van der Waals surface area contributed by atoms with E-state index in [2.05, 4.69) is 16.1 Å². The van der Waals surface area contributed by atoms with Crippen molar-refractivity contribution in [3.05, 3.63) is 57.6 Å². The highest BCUT2D eigenvalue weighted by Gasteiger charge is 2.19. The summed E-state index contributed by atoms with van der Waals surface area (Å²) in [5, 5.41) is 3.01. The van der Waals surface area contributed by atoms with Crippen LogP contribution in [0.2, 0.25) is 5.02 Å². The number of halogens is 1. The number of hydrogen-bond donors (Lipinski definition) is 1. The smallest absolute Gasteiger partial charge is 0.337 e. The summed E-state index contributed by atoms with van der Waals surface area (Å²) in [6.07, 6.45) is -0.743. The van der Waals surface area contributed by atoms with Gasteiger partial charge in [-0.1, -0.05) is 17.7 Å². The number of carbonyl (C=O) groups is 2. The number of esters is 1. The number of nitrogens with one attached hydrogen (secondary N) is 1. The van der Waals surface area contributed by atoms with E-state index in [0.717, 1.165) is 16.7 Å². The summed E-state index contributed by atoms with van der Waals surface area (Å²) in [5.41, 5.74) is 3.77. The van der Waals surface area contributed by atoms with E-state index in [1.54, 1.807) is 6.92 Å². The minimum Gasteiger partial charge on any atom is -0.481 e. The molecule has 138 valence electrons. The summed E-state index contributed by atoms with van der Waals surface area (Å²) >= 11 is 6.11. The second-order valence-corrected chi connectivity index (χ2v) is 6.55. The van der Waals surface area contributed by atoms with E-state index in [1.165, 1.54) is 25.3 Å². The molecule has 1 amide bonds. The van der Waals surface area contributed by atoms with Crippen LogP contribution in [0.25, 0.3) is 0 Å². The first-order valence-electron chi connectivity index (χ1n) is 8.16. The Morgan fingerprint density at radius 1 is 1.12 bits per heavy atom. The summed E-state index contributed by atoms with van der Waals surface area (Å²) in [5.74, 6) is -0.209. The molecule has 0 bridgehead atoms. The van der Waals surface area contributed by atoms with Crippen LogP contribution in [0.15, 0.2) is 30.3 Å². The maximum atomic E-state index is 12.5. The van der Waals surface area contributed by atoms with E-state index in [4.69, 9.17) is 16.3 Å². The van der Waals surface area contributed by atoms with Crippen LogP contribution in [0.3, 0.4) is 0 Å². The van der Waals surface area contributed by atoms with Crippen molar-refractivity contribution >= 4 is 29.2 Å². The van der Waals surface area contributed by atoms with Crippen LogP contribution >= 0.6 is 11.6 Å². The topological polar surface area (TPSA) is 64.6 Å². The average molecular weight is 376 g/mol. The zero-order valence-corrected chi connectivity index (χ0v) is 16.2. The van der Waals surface area contributed by atoms with Gasteiger partial charge in [-0.3, -0.25) is 4.79 Å². The number of ether oxygens (including phenoxy) is 2. The monoisotopic (exact) mass is 375 g/mol. The van der Waals surface area contributed by atoms with E-state index in [-0.39, 0.29) is 5.91 Å². The highest BCUT2D eigenvalue weighted by atomic mass is 35.5. The molecule has 26 heavy (non-hydrogen) atoms. The zero-order valence-electron chi connectivity index (χ0n) is 15.5. The molecule has 0 fully saturated rings. The Morgan fingerprint density at radius 3 is 2.46 bits per heavy atom. The number of anilines is 1. The van der Waals surface area contributed by atoms with Gasteiger partial charge < -0.3 is 14.8 Å². The molecule has 0 saturated heterocycles. The molecule has 2 rings (SSSR count). The number of benzene rings is 2. The van der Waals surface area contributed by atoms with Crippen LogP contribution in [0, 0.1) is 20.8 Å². The first kappa shape index (κ1) is 19.8. The summed E-state index contributed by atoms with van der Waals surface area (Å²) < 4.78 is 10.5. The fourth-order valence-corrected chi connectivity index (χ4v) is 2.63. The van der Waals surface area contributed by atoms with Gasteiger partial charge in [0.1, 0.15) is 5.75 Å². The molecule has 0 spiro atoms. The van der Waals surface area contributed by atoms with Gasteiger partial charge in [0, 0.05) is 0 Å². The molecule has 0 heterocycles. The van der Waals surface area contributed by atoms with Crippen LogP contribution in [0.1, 0.15) is 34.0 Å².